The van der Waals surface area contributed by atoms with Crippen molar-refractivity contribution in [3.8, 4) is 6.07 Å². The summed E-state index contributed by atoms with van der Waals surface area (Å²) >= 11 is 1.70. The number of benzene rings is 1. The van der Waals surface area contributed by atoms with Crippen LogP contribution in [0, 0.1) is 11.3 Å². The first-order valence-corrected chi connectivity index (χ1v) is 5.58. The lowest BCUT2D eigenvalue weighted by atomic mass is 10.2. The van der Waals surface area contributed by atoms with E-state index in [4.69, 9.17) is 5.26 Å². The van der Waals surface area contributed by atoms with Gasteiger partial charge in [0.15, 0.2) is 0 Å². The van der Waals surface area contributed by atoms with Crippen LogP contribution >= 0.6 is 11.3 Å². The van der Waals surface area contributed by atoms with Crippen molar-refractivity contribution in [3.63, 3.8) is 0 Å². The summed E-state index contributed by atoms with van der Waals surface area (Å²) in [5, 5.41) is 16.1. The molecule has 0 saturated heterocycles. The van der Waals surface area contributed by atoms with Crippen LogP contribution in [-0.4, -0.2) is 0 Å². The second-order valence-electron chi connectivity index (χ2n) is 3.17. The van der Waals surface area contributed by atoms with Gasteiger partial charge in [0, 0.05) is 12.2 Å². The Bertz CT molecular complexity index is 451. The van der Waals surface area contributed by atoms with Gasteiger partial charge in [-0.15, -0.1) is 0 Å². The molecule has 0 spiro atoms. The van der Waals surface area contributed by atoms with E-state index in [0.29, 0.717) is 5.56 Å². The smallest absolute Gasteiger partial charge is 0.0991 e. The number of hydrogen-bond donors (Lipinski definition) is 1. The minimum Gasteiger partial charge on any atom is -0.381 e. The molecule has 2 rings (SSSR count). The van der Waals surface area contributed by atoms with Crippen molar-refractivity contribution in [2.24, 2.45) is 0 Å². The molecule has 0 aliphatic heterocycles. The number of nitriles is 1. The van der Waals surface area contributed by atoms with Crippen LogP contribution in [0.2, 0.25) is 0 Å². The maximum atomic E-state index is 8.64. The van der Waals surface area contributed by atoms with Crippen LogP contribution in [0.4, 0.5) is 5.69 Å². The van der Waals surface area contributed by atoms with E-state index in [1.54, 1.807) is 11.3 Å². The maximum Gasteiger partial charge on any atom is 0.0991 e. The SMILES string of the molecule is N#Cc1ccc(NCc2ccsc2)cc1. The summed E-state index contributed by atoms with van der Waals surface area (Å²) in [6.45, 7) is 0.829. The Balaban J connectivity index is 1.97. The van der Waals surface area contributed by atoms with E-state index in [1.165, 1.54) is 5.56 Å². The predicted octanol–water partition coefficient (Wildman–Crippen LogP) is 3.23. The highest BCUT2D eigenvalue weighted by Crippen LogP contribution is 2.12. The van der Waals surface area contributed by atoms with Crippen molar-refractivity contribution in [2.45, 2.75) is 6.54 Å². The van der Waals surface area contributed by atoms with E-state index in [-0.39, 0.29) is 0 Å². The highest BCUT2D eigenvalue weighted by Gasteiger charge is 1.94. The van der Waals surface area contributed by atoms with Gasteiger partial charge >= 0.3 is 0 Å². The fraction of sp³-hybridized carbons (Fsp3) is 0.0833. The molecule has 0 aliphatic rings. The number of nitrogens with one attached hydrogen (secondary N) is 1. The summed E-state index contributed by atoms with van der Waals surface area (Å²) in [6.07, 6.45) is 0. The van der Waals surface area contributed by atoms with Gasteiger partial charge in [-0.3, -0.25) is 0 Å². The van der Waals surface area contributed by atoms with Crippen molar-refractivity contribution >= 4 is 17.0 Å². The van der Waals surface area contributed by atoms with Crippen molar-refractivity contribution in [2.75, 3.05) is 5.32 Å². The summed E-state index contributed by atoms with van der Waals surface area (Å²) in [4.78, 5) is 0. The molecule has 0 aliphatic carbocycles. The molecule has 0 amide bonds. The average molecular weight is 214 g/mol. The Morgan fingerprint density at radius 3 is 2.60 bits per heavy atom. The highest BCUT2D eigenvalue weighted by atomic mass is 32.1. The fourth-order valence-electron chi connectivity index (χ4n) is 1.26. The number of nitrogens with zero attached hydrogens (tertiary/aromatic N) is 1. The topological polar surface area (TPSA) is 35.8 Å². The second kappa shape index (κ2) is 4.63. The lowest BCUT2D eigenvalue weighted by molar-refractivity contribution is 1.16. The van der Waals surface area contributed by atoms with Gasteiger partial charge in [-0.05, 0) is 46.7 Å². The van der Waals surface area contributed by atoms with Crippen LogP contribution in [0.5, 0.6) is 0 Å². The molecule has 0 radical (unpaired) electrons. The minimum atomic E-state index is 0.691. The lowest BCUT2D eigenvalue weighted by Crippen LogP contribution is -1.97. The molecule has 15 heavy (non-hydrogen) atoms. The monoisotopic (exact) mass is 214 g/mol. The summed E-state index contributed by atoms with van der Waals surface area (Å²) < 4.78 is 0. The third kappa shape index (κ3) is 2.58. The van der Waals surface area contributed by atoms with Gasteiger partial charge in [-0.2, -0.15) is 16.6 Å². The van der Waals surface area contributed by atoms with E-state index in [9.17, 15) is 0 Å². The van der Waals surface area contributed by atoms with Gasteiger partial charge < -0.3 is 5.32 Å². The zero-order valence-electron chi connectivity index (χ0n) is 8.10. The first kappa shape index (κ1) is 9.75. The molecule has 3 heteroatoms. The lowest BCUT2D eigenvalue weighted by Gasteiger charge is -2.04. The normalized spacial score (nSPS) is 9.53. The van der Waals surface area contributed by atoms with E-state index in [0.717, 1.165) is 12.2 Å². The maximum absolute atomic E-state index is 8.64. The number of hydrogen-bond acceptors (Lipinski definition) is 3. The molecule has 74 valence electrons. The van der Waals surface area contributed by atoms with Crippen LogP contribution in [0.3, 0.4) is 0 Å². The van der Waals surface area contributed by atoms with Gasteiger partial charge in [0.2, 0.25) is 0 Å². The third-order valence-corrected chi connectivity index (χ3v) is 2.82. The number of thiophene rings is 1. The van der Waals surface area contributed by atoms with Crippen LogP contribution in [0.25, 0.3) is 0 Å². The molecule has 1 aromatic carbocycles. The predicted molar refractivity (Wildman–Crippen MR) is 62.8 cm³/mol. The van der Waals surface area contributed by atoms with Crippen molar-refractivity contribution in [1.82, 2.24) is 0 Å². The molecule has 2 nitrogen and oxygen atoms in total. The molecular weight excluding hydrogens is 204 g/mol. The van der Waals surface area contributed by atoms with E-state index in [2.05, 4.69) is 28.2 Å². The molecule has 0 unspecified atom stereocenters. The zero-order valence-corrected chi connectivity index (χ0v) is 8.92. The standard InChI is InChI=1S/C12H10N2S/c13-7-10-1-3-12(4-2-10)14-8-11-5-6-15-9-11/h1-6,9,14H,8H2. The van der Waals surface area contributed by atoms with Gasteiger partial charge in [0.25, 0.3) is 0 Å². The van der Waals surface area contributed by atoms with Gasteiger partial charge in [0.1, 0.15) is 0 Å². The summed E-state index contributed by atoms with van der Waals surface area (Å²) in [6, 6.07) is 11.7. The summed E-state index contributed by atoms with van der Waals surface area (Å²) in [7, 11) is 0. The van der Waals surface area contributed by atoms with Crippen LogP contribution < -0.4 is 5.32 Å². The van der Waals surface area contributed by atoms with E-state index >= 15 is 0 Å². The molecule has 1 N–H and O–H groups in total. The Labute approximate surface area is 92.8 Å². The number of anilines is 1. The van der Waals surface area contributed by atoms with Gasteiger partial charge in [-0.25, -0.2) is 0 Å². The number of rotatable bonds is 3. The molecule has 2 aromatic rings. The van der Waals surface area contributed by atoms with Crippen molar-refractivity contribution in [3.05, 3.63) is 52.2 Å². The third-order valence-electron chi connectivity index (χ3n) is 2.09. The quantitative estimate of drug-likeness (QED) is 0.851. The average Bonchev–Trinajstić information content (AvgIpc) is 2.80. The zero-order chi connectivity index (χ0) is 10.5. The Morgan fingerprint density at radius 2 is 2.00 bits per heavy atom. The molecular formula is C12H10N2S. The Kier molecular flexibility index (Phi) is 3.01. The first-order valence-electron chi connectivity index (χ1n) is 4.63. The molecule has 0 fully saturated rings. The fourth-order valence-corrected chi connectivity index (χ4v) is 1.93. The molecule has 0 saturated carbocycles. The summed E-state index contributed by atoms with van der Waals surface area (Å²) in [5.41, 5.74) is 3.01. The van der Waals surface area contributed by atoms with Crippen LogP contribution in [0.1, 0.15) is 11.1 Å². The van der Waals surface area contributed by atoms with Crippen molar-refractivity contribution in [1.29, 1.82) is 5.26 Å². The first-order chi connectivity index (χ1) is 7.38. The largest absolute Gasteiger partial charge is 0.381 e. The molecule has 1 aromatic heterocycles. The van der Waals surface area contributed by atoms with Crippen molar-refractivity contribution < 1.29 is 0 Å². The molecule has 1 heterocycles. The van der Waals surface area contributed by atoms with E-state index < -0.39 is 0 Å². The van der Waals surface area contributed by atoms with Gasteiger partial charge in [0.05, 0.1) is 11.6 Å². The molecule has 0 atom stereocenters. The van der Waals surface area contributed by atoms with E-state index in [1.807, 2.05) is 24.3 Å². The summed E-state index contributed by atoms with van der Waals surface area (Å²) in [5.74, 6) is 0. The Morgan fingerprint density at radius 1 is 1.20 bits per heavy atom. The molecule has 0 bridgehead atoms. The van der Waals surface area contributed by atoms with Gasteiger partial charge in [-0.1, -0.05) is 0 Å². The Hall–Kier alpha value is -1.79. The highest BCUT2D eigenvalue weighted by molar-refractivity contribution is 7.07. The van der Waals surface area contributed by atoms with Crippen LogP contribution in [0.15, 0.2) is 41.1 Å². The minimum absolute atomic E-state index is 0.691. The second-order valence-corrected chi connectivity index (χ2v) is 3.95. The van der Waals surface area contributed by atoms with Crippen LogP contribution in [-0.2, 0) is 6.54 Å².